The van der Waals surface area contributed by atoms with Crippen molar-refractivity contribution in [1.29, 1.82) is 0 Å². The summed E-state index contributed by atoms with van der Waals surface area (Å²) in [6, 6.07) is 11.0. The molecule has 0 saturated heterocycles. The molecular weight excluding hydrogens is 420 g/mol. The second-order valence-electron chi connectivity index (χ2n) is 4.42. The molecule has 0 radical (unpaired) electrons. The van der Waals surface area contributed by atoms with E-state index < -0.39 is 0 Å². The zero-order valence-corrected chi connectivity index (χ0v) is 14.8. The molecule has 2 rings (SSSR count). The molecule has 1 N–H and O–H groups in total. The number of anilines is 1. The summed E-state index contributed by atoms with van der Waals surface area (Å²) in [5, 5.41) is 3.85. The third kappa shape index (κ3) is 4.46. The van der Waals surface area contributed by atoms with E-state index in [1.807, 2.05) is 25.1 Å². The van der Waals surface area contributed by atoms with Crippen molar-refractivity contribution in [3.8, 4) is 0 Å². The van der Waals surface area contributed by atoms with Crippen LogP contribution < -0.4 is 5.32 Å². The molecule has 2 nitrogen and oxygen atoms in total. The second-order valence-corrected chi connectivity index (χ2v) is 6.48. The minimum absolute atomic E-state index is 0.227. The number of hydrogen-bond donors (Lipinski definition) is 1. The molecule has 0 heterocycles. The molecule has 0 aliphatic heterocycles. The van der Waals surface area contributed by atoms with Crippen molar-refractivity contribution < 1.29 is 4.79 Å². The van der Waals surface area contributed by atoms with Crippen molar-refractivity contribution in [2.45, 2.75) is 6.92 Å². The number of carbonyl (C=O) groups is 1. The van der Waals surface area contributed by atoms with E-state index in [0.717, 1.165) is 14.8 Å². The van der Waals surface area contributed by atoms with Crippen LogP contribution in [0.3, 0.4) is 0 Å². The first-order chi connectivity index (χ1) is 9.97. The van der Waals surface area contributed by atoms with Crippen molar-refractivity contribution in [2.75, 3.05) is 5.32 Å². The maximum absolute atomic E-state index is 12.0. The summed E-state index contributed by atoms with van der Waals surface area (Å²) in [5.74, 6) is -0.227. The molecular formula is C16H12Cl2INO. The molecule has 5 heteroatoms. The van der Waals surface area contributed by atoms with Crippen LogP contribution in [-0.2, 0) is 4.79 Å². The lowest BCUT2D eigenvalue weighted by Gasteiger charge is -2.07. The third-order valence-corrected chi connectivity index (χ3v) is 4.18. The molecule has 0 saturated carbocycles. The van der Waals surface area contributed by atoms with E-state index in [9.17, 15) is 4.79 Å². The van der Waals surface area contributed by atoms with Crippen LogP contribution in [0.4, 0.5) is 5.69 Å². The lowest BCUT2D eigenvalue weighted by Crippen LogP contribution is -2.09. The molecule has 0 unspecified atom stereocenters. The Bertz CT molecular complexity index is 693. The highest BCUT2D eigenvalue weighted by atomic mass is 127. The van der Waals surface area contributed by atoms with E-state index in [4.69, 9.17) is 23.2 Å². The summed E-state index contributed by atoms with van der Waals surface area (Å²) >= 11 is 14.3. The smallest absolute Gasteiger partial charge is 0.248 e. The highest BCUT2D eigenvalue weighted by molar-refractivity contribution is 14.1. The van der Waals surface area contributed by atoms with Crippen molar-refractivity contribution in [1.82, 2.24) is 0 Å². The third-order valence-electron chi connectivity index (χ3n) is 2.85. The molecule has 0 aromatic heterocycles. The quantitative estimate of drug-likeness (QED) is 0.500. The van der Waals surface area contributed by atoms with Crippen LogP contribution in [0.15, 0.2) is 42.5 Å². The number of rotatable bonds is 3. The van der Waals surface area contributed by atoms with Gasteiger partial charge in [-0.15, -0.1) is 0 Å². The summed E-state index contributed by atoms with van der Waals surface area (Å²) in [4.78, 5) is 12.0. The Morgan fingerprint density at radius 1 is 1.19 bits per heavy atom. The molecule has 0 aliphatic carbocycles. The molecule has 108 valence electrons. The van der Waals surface area contributed by atoms with Gasteiger partial charge >= 0.3 is 0 Å². The summed E-state index contributed by atoms with van der Waals surface area (Å²) in [6.07, 6.45) is 3.03. The van der Waals surface area contributed by atoms with E-state index >= 15 is 0 Å². The standard InChI is InChI=1S/C16H12Cl2INO/c1-10-9-11(19)5-7-15(10)20-16(21)8-6-12-13(17)3-2-4-14(12)18/h2-9H,1H3,(H,20,21)/b8-6+. The van der Waals surface area contributed by atoms with Gasteiger partial charge in [-0.2, -0.15) is 0 Å². The molecule has 0 bridgehead atoms. The second kappa shape index (κ2) is 7.29. The predicted molar refractivity (Wildman–Crippen MR) is 98.0 cm³/mol. The van der Waals surface area contributed by atoms with Gasteiger partial charge in [-0.1, -0.05) is 29.3 Å². The zero-order valence-electron chi connectivity index (χ0n) is 11.2. The molecule has 1 amide bonds. The van der Waals surface area contributed by atoms with Crippen molar-refractivity contribution in [3.63, 3.8) is 0 Å². The fourth-order valence-electron chi connectivity index (χ4n) is 1.77. The topological polar surface area (TPSA) is 29.1 Å². The Morgan fingerprint density at radius 2 is 1.86 bits per heavy atom. The van der Waals surface area contributed by atoms with E-state index in [1.54, 1.807) is 24.3 Å². The minimum atomic E-state index is -0.227. The Balaban J connectivity index is 2.13. The highest BCUT2D eigenvalue weighted by Crippen LogP contribution is 2.25. The molecule has 0 atom stereocenters. The summed E-state index contributed by atoms with van der Waals surface area (Å²) in [7, 11) is 0. The Morgan fingerprint density at radius 3 is 2.48 bits per heavy atom. The van der Waals surface area contributed by atoms with Gasteiger partial charge in [0.1, 0.15) is 0 Å². The number of aryl methyl sites for hydroxylation is 1. The lowest BCUT2D eigenvalue weighted by molar-refractivity contribution is -0.111. The van der Waals surface area contributed by atoms with Crippen LogP contribution >= 0.6 is 45.8 Å². The van der Waals surface area contributed by atoms with Crippen molar-refractivity contribution in [2.24, 2.45) is 0 Å². The van der Waals surface area contributed by atoms with Crippen molar-refractivity contribution in [3.05, 3.63) is 67.2 Å². The van der Waals surface area contributed by atoms with Gasteiger partial charge in [-0.05, 0) is 71.5 Å². The Labute approximate surface area is 147 Å². The average Bonchev–Trinajstić information content (AvgIpc) is 2.41. The van der Waals surface area contributed by atoms with E-state index in [1.165, 1.54) is 6.08 Å². The van der Waals surface area contributed by atoms with Crippen LogP contribution in [0, 0.1) is 10.5 Å². The number of hydrogen-bond acceptors (Lipinski definition) is 1. The lowest BCUT2D eigenvalue weighted by atomic mass is 10.2. The first kappa shape index (κ1) is 16.3. The SMILES string of the molecule is Cc1cc(I)ccc1NC(=O)/C=C/c1c(Cl)cccc1Cl. The Hall–Kier alpha value is -1.04. The van der Waals surface area contributed by atoms with Gasteiger partial charge in [0.05, 0.1) is 0 Å². The minimum Gasteiger partial charge on any atom is -0.322 e. The van der Waals surface area contributed by atoms with Gasteiger partial charge in [-0.3, -0.25) is 4.79 Å². The van der Waals surface area contributed by atoms with E-state index in [-0.39, 0.29) is 5.91 Å². The number of amides is 1. The predicted octanol–water partition coefficient (Wildman–Crippen LogP) is 5.56. The van der Waals surface area contributed by atoms with Gasteiger partial charge in [-0.25, -0.2) is 0 Å². The van der Waals surface area contributed by atoms with E-state index in [2.05, 4.69) is 27.9 Å². The average molecular weight is 432 g/mol. The summed E-state index contributed by atoms with van der Waals surface area (Å²) < 4.78 is 1.13. The summed E-state index contributed by atoms with van der Waals surface area (Å²) in [6.45, 7) is 1.95. The molecule has 0 spiro atoms. The normalized spacial score (nSPS) is 10.9. The van der Waals surface area contributed by atoms with Gasteiger partial charge < -0.3 is 5.32 Å². The number of carbonyl (C=O) groups excluding carboxylic acids is 1. The van der Waals surface area contributed by atoms with Gasteiger partial charge in [0.15, 0.2) is 0 Å². The molecule has 2 aromatic rings. The number of nitrogens with one attached hydrogen (secondary N) is 1. The zero-order chi connectivity index (χ0) is 15.4. The van der Waals surface area contributed by atoms with Gasteiger partial charge in [0.25, 0.3) is 0 Å². The number of benzene rings is 2. The molecule has 21 heavy (non-hydrogen) atoms. The van der Waals surface area contributed by atoms with Crippen molar-refractivity contribution >= 4 is 63.5 Å². The van der Waals surface area contributed by atoms with Crippen LogP contribution in [-0.4, -0.2) is 5.91 Å². The highest BCUT2D eigenvalue weighted by Gasteiger charge is 2.04. The Kier molecular flexibility index (Phi) is 5.67. The largest absolute Gasteiger partial charge is 0.322 e. The molecule has 0 aliphatic rings. The summed E-state index contributed by atoms with van der Waals surface area (Å²) in [5.41, 5.74) is 2.44. The number of halogens is 3. The monoisotopic (exact) mass is 431 g/mol. The van der Waals surface area contributed by atoms with Gasteiger partial charge in [0.2, 0.25) is 5.91 Å². The van der Waals surface area contributed by atoms with Gasteiger partial charge in [0, 0.05) is 30.9 Å². The fraction of sp³-hybridized carbons (Fsp3) is 0.0625. The maximum atomic E-state index is 12.0. The first-order valence-corrected chi connectivity index (χ1v) is 8.00. The molecule has 0 fully saturated rings. The van der Waals surface area contributed by atoms with Crippen LogP contribution in [0.1, 0.15) is 11.1 Å². The fourth-order valence-corrected chi connectivity index (χ4v) is 2.94. The van der Waals surface area contributed by atoms with Crippen LogP contribution in [0.25, 0.3) is 6.08 Å². The first-order valence-electron chi connectivity index (χ1n) is 6.16. The van der Waals surface area contributed by atoms with Crippen LogP contribution in [0.5, 0.6) is 0 Å². The van der Waals surface area contributed by atoms with E-state index in [0.29, 0.717) is 15.6 Å². The van der Waals surface area contributed by atoms with Crippen LogP contribution in [0.2, 0.25) is 10.0 Å². The molecule has 2 aromatic carbocycles. The maximum Gasteiger partial charge on any atom is 0.248 e.